The van der Waals surface area contributed by atoms with Crippen LogP contribution in [0.3, 0.4) is 0 Å². The van der Waals surface area contributed by atoms with Crippen LogP contribution >= 0.6 is 7.75 Å². The molecule has 0 aliphatic heterocycles. The van der Waals surface area contributed by atoms with Crippen LogP contribution in [0.5, 0.6) is 5.75 Å². The minimum absolute atomic E-state index is 0.0645. The summed E-state index contributed by atoms with van der Waals surface area (Å²) in [5.41, 5.74) is 8.38. The second-order valence-electron chi connectivity index (χ2n) is 10.8. The van der Waals surface area contributed by atoms with Crippen molar-refractivity contribution >= 4 is 52.2 Å². The largest absolute Gasteiger partial charge is 0.462 e. The predicted molar refractivity (Wildman–Crippen MR) is 171 cm³/mol. The summed E-state index contributed by atoms with van der Waals surface area (Å²) >= 11 is 0. The van der Waals surface area contributed by atoms with E-state index in [-0.39, 0.29) is 19.3 Å². The van der Waals surface area contributed by atoms with Gasteiger partial charge in [-0.25, -0.2) is 14.5 Å². The zero-order valence-corrected chi connectivity index (χ0v) is 26.4. The summed E-state index contributed by atoms with van der Waals surface area (Å²) < 4.78 is 39.5. The maximum Gasteiger partial charge on any atom is 0.459 e. The highest BCUT2D eigenvalue weighted by Gasteiger charge is 2.34. The number of benzene rings is 3. The molecule has 0 bridgehead atoms. The highest BCUT2D eigenvalue weighted by atomic mass is 31.2. The Labute approximate surface area is 256 Å². The molecule has 3 aromatic carbocycles. The van der Waals surface area contributed by atoms with Gasteiger partial charge in [-0.05, 0) is 63.6 Å². The first-order valence-electron chi connectivity index (χ1n) is 14.6. The summed E-state index contributed by atoms with van der Waals surface area (Å²) in [6.07, 6.45) is -0.344. The third-order valence-corrected chi connectivity index (χ3v) is 8.64. The summed E-state index contributed by atoms with van der Waals surface area (Å²) in [7, 11) is -4.14. The minimum atomic E-state index is -4.14. The van der Waals surface area contributed by atoms with Crippen LogP contribution in [0.1, 0.15) is 46.5 Å². The van der Waals surface area contributed by atoms with Crippen LogP contribution in [0.25, 0.3) is 32.7 Å². The Morgan fingerprint density at radius 1 is 1.00 bits per heavy atom. The van der Waals surface area contributed by atoms with E-state index in [1.165, 1.54) is 0 Å². The number of esters is 1. The number of hydrogen-bond donors (Lipinski definition) is 2. The van der Waals surface area contributed by atoms with E-state index in [0.717, 1.165) is 27.2 Å². The van der Waals surface area contributed by atoms with Crippen molar-refractivity contribution in [3.8, 4) is 5.75 Å². The molecule has 1 unspecified atom stereocenters. The summed E-state index contributed by atoms with van der Waals surface area (Å²) in [5, 5.41) is 5.54. The monoisotopic (exact) mass is 619 g/mol. The lowest BCUT2D eigenvalue weighted by molar-refractivity contribution is -0.149. The maximum absolute atomic E-state index is 14.3. The fourth-order valence-corrected chi connectivity index (χ4v) is 6.56. The van der Waals surface area contributed by atoms with Crippen molar-refractivity contribution in [3.63, 3.8) is 0 Å². The Morgan fingerprint density at radius 3 is 2.48 bits per heavy atom. The van der Waals surface area contributed by atoms with Crippen LogP contribution in [-0.4, -0.2) is 45.9 Å². The number of pyridine rings is 1. The van der Waals surface area contributed by atoms with Gasteiger partial charge in [0.15, 0.2) is 5.82 Å². The fourth-order valence-electron chi connectivity index (χ4n) is 5.00. The van der Waals surface area contributed by atoms with Gasteiger partial charge in [-0.15, -0.1) is 0 Å². The Morgan fingerprint density at radius 2 is 1.73 bits per heavy atom. The number of rotatable bonds is 13. The van der Waals surface area contributed by atoms with Crippen molar-refractivity contribution in [2.24, 2.45) is 0 Å². The van der Waals surface area contributed by atoms with Crippen molar-refractivity contribution in [2.45, 2.75) is 59.4 Å². The number of carbonyl (C=O) groups excluding carboxylic acids is 1. The van der Waals surface area contributed by atoms with E-state index in [1.807, 2.05) is 73.0 Å². The lowest BCUT2D eigenvalue weighted by Crippen LogP contribution is -2.36. The number of para-hydroxylation sites is 1. The van der Waals surface area contributed by atoms with Gasteiger partial charge in [0.05, 0.1) is 29.8 Å². The molecule has 3 atom stereocenters. The zero-order valence-electron chi connectivity index (χ0n) is 25.5. The Hall–Kier alpha value is -4.02. The number of ether oxygens (including phenoxy) is 2. The van der Waals surface area contributed by atoms with E-state index in [9.17, 15) is 9.36 Å². The number of hydrogen-bond acceptors (Lipinski definition) is 9. The molecule has 3 N–H and O–H groups in total. The summed E-state index contributed by atoms with van der Waals surface area (Å²) in [6.45, 7) is 9.52. The van der Waals surface area contributed by atoms with Gasteiger partial charge < -0.3 is 24.3 Å². The molecule has 44 heavy (non-hydrogen) atoms. The number of fused-ring (bicyclic) bond motifs is 4. The number of anilines is 1. The lowest BCUT2D eigenvalue weighted by Gasteiger charge is -2.25. The molecule has 2 heterocycles. The molecular weight excluding hydrogens is 581 g/mol. The first kappa shape index (κ1) is 31.4. The number of aromatic nitrogens is 3. The van der Waals surface area contributed by atoms with Gasteiger partial charge in [0.1, 0.15) is 29.7 Å². The van der Waals surface area contributed by atoms with E-state index >= 15 is 0 Å². The number of imidazole rings is 1. The first-order valence-corrected chi connectivity index (χ1v) is 16.2. The first-order chi connectivity index (χ1) is 21.1. The highest BCUT2D eigenvalue weighted by Crippen LogP contribution is 2.46. The molecule has 11 nitrogen and oxygen atoms in total. The number of nitrogens with zero attached hydrogens (tertiary/aromatic N) is 3. The van der Waals surface area contributed by atoms with E-state index in [2.05, 4.69) is 10.1 Å². The van der Waals surface area contributed by atoms with Crippen molar-refractivity contribution in [3.05, 3.63) is 72.6 Å². The predicted octanol–water partition coefficient (Wildman–Crippen LogP) is 6.55. The number of nitrogen functional groups attached to an aromatic ring is 1. The van der Waals surface area contributed by atoms with Crippen LogP contribution in [0, 0.1) is 0 Å². The molecule has 2 aromatic heterocycles. The molecule has 0 radical (unpaired) electrons. The number of nitrogens with two attached hydrogens (primary N) is 1. The molecule has 0 saturated heterocycles. The second-order valence-corrected chi connectivity index (χ2v) is 12.5. The molecule has 12 heteroatoms. The van der Waals surface area contributed by atoms with Crippen molar-refractivity contribution in [1.29, 1.82) is 0 Å². The molecule has 5 rings (SSSR count). The third-order valence-electron chi connectivity index (χ3n) is 6.99. The third kappa shape index (κ3) is 6.87. The number of carbonyl (C=O) groups is 1. The fraction of sp³-hybridized carbons (Fsp3) is 0.344. The van der Waals surface area contributed by atoms with Gasteiger partial charge in [-0.3, -0.25) is 9.32 Å². The topological polar surface area (TPSA) is 140 Å². The summed E-state index contributed by atoms with van der Waals surface area (Å²) in [5.74, 6) is 0.669. The van der Waals surface area contributed by atoms with Crippen LogP contribution in [0.2, 0.25) is 0 Å². The molecule has 0 saturated carbocycles. The van der Waals surface area contributed by atoms with E-state index < -0.39 is 25.8 Å². The lowest BCUT2D eigenvalue weighted by atomic mass is 10.1. The maximum atomic E-state index is 14.3. The van der Waals surface area contributed by atoms with Crippen LogP contribution in [-0.2, 0) is 30.0 Å². The van der Waals surface area contributed by atoms with E-state index in [4.69, 9.17) is 29.2 Å². The van der Waals surface area contributed by atoms with Gasteiger partial charge in [0.2, 0.25) is 0 Å². The quantitative estimate of drug-likeness (QED) is 0.110. The van der Waals surface area contributed by atoms with Crippen molar-refractivity contribution in [2.75, 3.05) is 18.9 Å². The standard InChI is InChI=1S/C32H38N5O6P/c1-6-40-19-28-35-29-30(26-13-9-10-14-27(26)34-31(29)33)37(28)21(4)18-41-44(39,36-22(5)32(38)42-20(2)3)43-25-16-15-23-11-7-8-12-24(23)17-25/h7-17,20-22H,6,18-19H2,1-5H3,(H2,33,34)(H,36,39)/t21-,22+,44?/m1/s1. The van der Waals surface area contributed by atoms with Crippen LogP contribution in [0.15, 0.2) is 66.7 Å². The molecule has 232 valence electrons. The summed E-state index contributed by atoms with van der Waals surface area (Å²) in [6, 6.07) is 19.4. The average molecular weight is 620 g/mol. The Balaban J connectivity index is 1.49. The molecule has 5 aromatic rings. The van der Waals surface area contributed by atoms with Gasteiger partial charge in [-0.1, -0.05) is 48.5 Å². The van der Waals surface area contributed by atoms with E-state index in [0.29, 0.717) is 29.5 Å². The minimum Gasteiger partial charge on any atom is -0.462 e. The average Bonchev–Trinajstić information content (AvgIpc) is 3.39. The number of nitrogens with one attached hydrogen (secondary N) is 1. The van der Waals surface area contributed by atoms with Gasteiger partial charge >= 0.3 is 13.7 Å². The molecule has 0 fully saturated rings. The van der Waals surface area contributed by atoms with Gasteiger partial charge in [0.25, 0.3) is 0 Å². The van der Waals surface area contributed by atoms with Gasteiger partial charge in [-0.2, -0.15) is 5.09 Å². The normalized spacial score (nSPS) is 14.6. The Kier molecular flexibility index (Phi) is 9.51. The van der Waals surface area contributed by atoms with E-state index in [1.54, 1.807) is 32.9 Å². The zero-order chi connectivity index (χ0) is 31.4. The molecule has 0 aliphatic carbocycles. The smallest absolute Gasteiger partial charge is 0.459 e. The Bertz CT molecular complexity index is 1840. The van der Waals surface area contributed by atoms with Crippen molar-refractivity contribution < 1.29 is 27.9 Å². The van der Waals surface area contributed by atoms with Crippen LogP contribution < -0.4 is 15.3 Å². The summed E-state index contributed by atoms with van der Waals surface area (Å²) in [4.78, 5) is 22.0. The van der Waals surface area contributed by atoms with Crippen LogP contribution in [0.4, 0.5) is 5.82 Å². The van der Waals surface area contributed by atoms with Gasteiger partial charge in [0, 0.05) is 12.0 Å². The molecule has 0 amide bonds. The molecular formula is C32H38N5O6P. The molecule has 0 aliphatic rings. The molecule has 0 spiro atoms. The SMILES string of the molecule is CCOCc1nc2c(N)nc3ccccc3c2n1[C@H](C)COP(=O)(N[C@@H](C)C(=O)OC(C)C)Oc1ccc2ccccc2c1. The second kappa shape index (κ2) is 13.3. The highest BCUT2D eigenvalue weighted by molar-refractivity contribution is 7.52. The van der Waals surface area contributed by atoms with Crippen molar-refractivity contribution in [1.82, 2.24) is 19.6 Å².